The summed E-state index contributed by atoms with van der Waals surface area (Å²) in [7, 11) is 0. The van der Waals surface area contributed by atoms with Gasteiger partial charge in [0.05, 0.1) is 0 Å². The van der Waals surface area contributed by atoms with Gasteiger partial charge in [0.25, 0.3) is 0 Å². The number of carbonyl (C=O) groups is 3. The molecule has 0 atom stereocenters. The van der Waals surface area contributed by atoms with Crippen LogP contribution in [0.3, 0.4) is 0 Å². The number of rotatable bonds is 34. The van der Waals surface area contributed by atoms with E-state index in [0.717, 1.165) is 38.5 Å². The fourth-order valence-corrected chi connectivity index (χ4v) is 5.45. The number of carboxylic acid groups (broad SMARTS) is 3. The van der Waals surface area contributed by atoms with Crippen molar-refractivity contribution in [3.63, 3.8) is 0 Å². The average Bonchev–Trinajstić information content (AvgIpc) is 3.02. The van der Waals surface area contributed by atoms with Crippen LogP contribution in [0.1, 0.15) is 239 Å². The summed E-state index contributed by atoms with van der Waals surface area (Å²) in [5, 5.41) is 28.7. The van der Waals surface area contributed by atoms with Gasteiger partial charge >= 0.3 is 29.0 Å². The molecule has 0 unspecified atom stereocenters. The van der Waals surface area contributed by atoms with Crippen LogP contribution in [0.15, 0.2) is 0 Å². The second kappa shape index (κ2) is 49.6. The third-order valence-corrected chi connectivity index (χ3v) is 8.46. The van der Waals surface area contributed by atoms with Crippen LogP contribution >= 0.6 is 0 Å². The van der Waals surface area contributed by atoms with E-state index in [0.29, 0.717) is 6.42 Å². The summed E-state index contributed by atoms with van der Waals surface area (Å²) in [4.78, 5) is 30.5. The van der Waals surface area contributed by atoms with Gasteiger partial charge in [-0.1, -0.05) is 201 Å². The number of hydrogen-bond acceptors (Lipinski definition) is 5. The first kappa shape index (κ1) is 53.0. The maximum absolute atomic E-state index is 10.2. The zero-order valence-electron chi connectivity index (χ0n) is 31.7. The predicted molar refractivity (Wildman–Crippen MR) is 197 cm³/mol. The van der Waals surface area contributed by atoms with Gasteiger partial charge in [0.2, 0.25) is 0 Å². The Balaban J connectivity index is -0.000000293. The van der Waals surface area contributed by atoms with E-state index in [4.69, 9.17) is 5.11 Å². The largest absolute Gasteiger partial charge is 2.00 e. The second-order valence-corrected chi connectivity index (χ2v) is 13.3. The monoisotopic (exact) mass is 679 g/mol. The molecule has 0 rings (SSSR count). The van der Waals surface area contributed by atoms with Crippen molar-refractivity contribution >= 4 is 41.0 Å². The summed E-state index contributed by atoms with van der Waals surface area (Å²) in [5.41, 5.74) is 0. The summed E-state index contributed by atoms with van der Waals surface area (Å²) >= 11 is 0. The SMILES string of the molecule is CCCCCCCCCCCC(=O)O.CCCCCCCCCCCCCC(=O)[O-].CCCCCCCCCCCCCC(=O)[O-].[Mg+2]. The van der Waals surface area contributed by atoms with Crippen molar-refractivity contribution in [3.8, 4) is 0 Å². The van der Waals surface area contributed by atoms with E-state index in [-0.39, 0.29) is 35.9 Å². The topological polar surface area (TPSA) is 118 Å². The van der Waals surface area contributed by atoms with E-state index in [1.807, 2.05) is 0 Å². The van der Waals surface area contributed by atoms with Crippen LogP contribution in [-0.4, -0.2) is 46.1 Å². The maximum atomic E-state index is 10.2. The predicted octanol–water partition coefficient (Wildman–Crippen LogP) is 10.5. The molecule has 0 radical (unpaired) electrons. The van der Waals surface area contributed by atoms with Gasteiger partial charge in [-0.2, -0.15) is 0 Å². The molecule has 7 heteroatoms. The minimum absolute atomic E-state index is 0. The smallest absolute Gasteiger partial charge is 0.550 e. The molecule has 1 N–H and O–H groups in total. The van der Waals surface area contributed by atoms with Gasteiger partial charge in [-0.25, -0.2) is 0 Å². The Bertz CT molecular complexity index is 578. The number of aliphatic carboxylic acids is 3. The van der Waals surface area contributed by atoms with Crippen molar-refractivity contribution < 1.29 is 29.7 Å². The summed E-state index contributed by atoms with van der Waals surface area (Å²) in [6, 6.07) is 0. The Morgan fingerprint density at radius 1 is 0.340 bits per heavy atom. The van der Waals surface area contributed by atoms with Crippen LogP contribution in [0, 0.1) is 0 Å². The average molecular weight is 679 g/mol. The van der Waals surface area contributed by atoms with Crippen molar-refractivity contribution in [1.29, 1.82) is 0 Å². The molecule has 0 amide bonds. The van der Waals surface area contributed by atoms with Gasteiger partial charge in [0.15, 0.2) is 0 Å². The molecule has 0 fully saturated rings. The first-order chi connectivity index (χ1) is 22.3. The zero-order valence-corrected chi connectivity index (χ0v) is 33.2. The van der Waals surface area contributed by atoms with Crippen LogP contribution in [0.2, 0.25) is 0 Å². The Hall–Kier alpha value is -0.824. The molecule has 0 spiro atoms. The molecular formula is C40H78MgO6. The molecule has 0 aliphatic carbocycles. The molecule has 0 aromatic heterocycles. The molecule has 47 heavy (non-hydrogen) atoms. The molecule has 0 aliphatic heterocycles. The summed E-state index contributed by atoms with van der Waals surface area (Å²) in [5.74, 6) is -2.47. The van der Waals surface area contributed by atoms with E-state index in [2.05, 4.69) is 20.8 Å². The van der Waals surface area contributed by atoms with Gasteiger partial charge in [0, 0.05) is 18.4 Å². The van der Waals surface area contributed by atoms with Crippen molar-refractivity contribution in [2.24, 2.45) is 0 Å². The molecule has 0 aromatic carbocycles. The van der Waals surface area contributed by atoms with Gasteiger partial charge in [0.1, 0.15) is 0 Å². The normalized spacial score (nSPS) is 10.3. The third kappa shape index (κ3) is 64.4. The van der Waals surface area contributed by atoms with Crippen molar-refractivity contribution in [2.75, 3.05) is 0 Å². The Morgan fingerprint density at radius 2 is 0.511 bits per heavy atom. The van der Waals surface area contributed by atoms with Crippen molar-refractivity contribution in [3.05, 3.63) is 0 Å². The third-order valence-electron chi connectivity index (χ3n) is 8.46. The van der Waals surface area contributed by atoms with Crippen LogP contribution in [0.4, 0.5) is 0 Å². The van der Waals surface area contributed by atoms with Gasteiger partial charge in [-0.3, -0.25) is 4.79 Å². The minimum atomic E-state index is -0.907. The van der Waals surface area contributed by atoms with Gasteiger partial charge < -0.3 is 24.9 Å². The number of carboxylic acids is 3. The quantitative estimate of drug-likeness (QED) is 0.0534. The van der Waals surface area contributed by atoms with Crippen molar-refractivity contribution in [1.82, 2.24) is 0 Å². The number of hydrogen-bond donors (Lipinski definition) is 1. The number of unbranched alkanes of at least 4 members (excludes halogenated alkanes) is 28. The zero-order chi connectivity index (χ0) is 34.8. The van der Waals surface area contributed by atoms with Crippen LogP contribution < -0.4 is 10.2 Å². The minimum Gasteiger partial charge on any atom is -0.550 e. The molecule has 0 aliphatic rings. The molecule has 0 saturated carbocycles. The molecule has 0 heterocycles. The molecule has 0 saturated heterocycles. The standard InChI is InChI=1S/2C14H28O2.C12H24O2.Mg/c2*1-2-3-4-5-6-7-8-9-10-11-12-13-14(15)16;1-2-3-4-5-6-7-8-9-10-11-12(13)14;/h2*2-13H2,1H3,(H,15,16);2-11H2,1H3,(H,13,14);/q;;;+2/p-2. The summed E-state index contributed by atoms with van der Waals surface area (Å²) in [6.45, 7) is 6.71. The molecule has 6 nitrogen and oxygen atoms in total. The fourth-order valence-electron chi connectivity index (χ4n) is 5.45. The van der Waals surface area contributed by atoms with Gasteiger partial charge in [-0.15, -0.1) is 0 Å². The molecule has 276 valence electrons. The Morgan fingerprint density at radius 3 is 0.681 bits per heavy atom. The molecule has 0 aromatic rings. The molecular weight excluding hydrogens is 601 g/mol. The van der Waals surface area contributed by atoms with E-state index in [9.17, 15) is 24.6 Å². The first-order valence-electron chi connectivity index (χ1n) is 19.9. The maximum Gasteiger partial charge on any atom is 2.00 e. The Kier molecular flexibility index (Phi) is 55.9. The fraction of sp³-hybridized carbons (Fsp3) is 0.925. The van der Waals surface area contributed by atoms with Crippen LogP contribution in [-0.2, 0) is 14.4 Å². The van der Waals surface area contributed by atoms with Crippen LogP contribution in [0.5, 0.6) is 0 Å². The van der Waals surface area contributed by atoms with Crippen LogP contribution in [0.25, 0.3) is 0 Å². The Labute approximate surface area is 308 Å². The molecule has 0 bridgehead atoms. The van der Waals surface area contributed by atoms with E-state index in [1.165, 1.54) is 161 Å². The van der Waals surface area contributed by atoms with Crippen molar-refractivity contribution in [2.45, 2.75) is 239 Å². The second-order valence-electron chi connectivity index (χ2n) is 13.3. The van der Waals surface area contributed by atoms with E-state index in [1.54, 1.807) is 0 Å². The van der Waals surface area contributed by atoms with Gasteiger partial charge in [-0.05, 0) is 32.1 Å². The van der Waals surface area contributed by atoms with E-state index >= 15 is 0 Å². The summed E-state index contributed by atoms with van der Waals surface area (Å²) < 4.78 is 0. The summed E-state index contributed by atoms with van der Waals surface area (Å²) in [6.07, 6.45) is 39.5. The van der Waals surface area contributed by atoms with E-state index < -0.39 is 17.9 Å². The first-order valence-corrected chi connectivity index (χ1v) is 19.9. The number of carbonyl (C=O) groups excluding carboxylic acids is 2.